The summed E-state index contributed by atoms with van der Waals surface area (Å²) in [6.07, 6.45) is 4.35. The number of ether oxygens (including phenoxy) is 1. The Morgan fingerprint density at radius 2 is 1.01 bits per heavy atom. The zero-order valence-corrected chi connectivity index (χ0v) is 46.9. The number of anilines is 2. The highest BCUT2D eigenvalue weighted by Gasteiger charge is 2.34. The van der Waals surface area contributed by atoms with Gasteiger partial charge in [-0.15, -0.1) is 0 Å². The van der Waals surface area contributed by atoms with E-state index in [0.29, 0.717) is 18.5 Å². The molecule has 0 saturated heterocycles. The second-order valence-electron chi connectivity index (χ2n) is 24.7. The van der Waals surface area contributed by atoms with E-state index in [4.69, 9.17) is 9.72 Å². The lowest BCUT2D eigenvalue weighted by molar-refractivity contribution is 0.479. The number of hydrogen-bond donors (Lipinski definition) is 0. The van der Waals surface area contributed by atoms with Gasteiger partial charge in [-0.2, -0.15) is 0 Å². The molecule has 7 aromatic carbocycles. The van der Waals surface area contributed by atoms with Gasteiger partial charge in [0.1, 0.15) is 17.3 Å². The third-order valence-corrected chi connectivity index (χ3v) is 16.0. The quantitative estimate of drug-likeness (QED) is 0.122. The summed E-state index contributed by atoms with van der Waals surface area (Å²) >= 11 is 0. The highest BCUT2D eigenvalue weighted by atomic mass is 16.5. The minimum atomic E-state index is -0.279. The van der Waals surface area contributed by atoms with Gasteiger partial charge in [0.25, 0.3) is 0 Å². The second kappa shape index (κ2) is 19.4. The zero-order valence-electron chi connectivity index (χ0n) is 46.9. The topological polar surface area (TPSA) is 33.5 Å². The Morgan fingerprint density at radius 1 is 0.453 bits per heavy atom. The van der Waals surface area contributed by atoms with Crippen molar-refractivity contribution in [3.8, 4) is 17.3 Å². The maximum atomic E-state index is 7.11. The van der Waals surface area contributed by atoms with Gasteiger partial charge in [0.2, 0.25) is 0 Å². The molecule has 0 atom stereocenters. The lowest BCUT2D eigenvalue weighted by Crippen LogP contribution is -2.29. The van der Waals surface area contributed by atoms with Crippen molar-refractivity contribution in [1.82, 2.24) is 9.55 Å². The molecule has 1 aliphatic rings. The number of benzene rings is 7. The largest absolute Gasteiger partial charge is 0.457 e. The lowest BCUT2D eigenvalue weighted by atomic mass is 9.73. The summed E-state index contributed by atoms with van der Waals surface area (Å²) in [5, 5.41) is 2.35. The number of aromatic nitrogens is 2. The fraction of sp³-hybridized carbons (Fsp3) is 0.300. The van der Waals surface area contributed by atoms with E-state index < -0.39 is 0 Å². The Hall–Kier alpha value is -7.37. The third-order valence-electron chi connectivity index (χ3n) is 16.0. The standard InChI is InChI=1S/C70H76N4O/c1-46(2)58-29-23-30-59(47(3)4)66(58)64-44-72(45-73(64)55-38-52(69(11,12)48-24-17-15-18-25-48)36-53(39-55)70(13,14)49-26-19-16-20-27-49)54-37-51(68(8,9)10)40-57(42-54)75-56-32-33-61-60-28-21-22-31-62(60)74(63(61)43-56)65-41-50(34-35-71-65)67(5,6)7/h15-44,46-47H,45H2,1-14H3. The molecule has 0 fully saturated rings. The Morgan fingerprint density at radius 3 is 1.60 bits per heavy atom. The number of hydrogen-bond acceptors (Lipinski definition) is 4. The molecule has 0 aliphatic carbocycles. The molecule has 1 aliphatic heterocycles. The van der Waals surface area contributed by atoms with Crippen molar-refractivity contribution in [3.63, 3.8) is 0 Å². The maximum Gasteiger partial charge on any atom is 0.137 e. The average Bonchev–Trinajstić information content (AvgIpc) is 3.99. The molecule has 5 nitrogen and oxygen atoms in total. The van der Waals surface area contributed by atoms with Gasteiger partial charge in [0, 0.05) is 63.1 Å². The molecule has 2 aromatic heterocycles. The van der Waals surface area contributed by atoms with E-state index in [1.54, 1.807) is 0 Å². The van der Waals surface area contributed by atoms with E-state index in [9.17, 15) is 0 Å². The molecule has 0 saturated carbocycles. The Balaban J connectivity index is 1.14. The smallest absolute Gasteiger partial charge is 0.137 e. The van der Waals surface area contributed by atoms with E-state index in [-0.39, 0.29) is 21.7 Å². The summed E-state index contributed by atoms with van der Waals surface area (Å²) < 4.78 is 9.40. The van der Waals surface area contributed by atoms with Crippen LogP contribution in [0, 0.1) is 0 Å². The van der Waals surface area contributed by atoms with E-state index in [1.165, 1.54) is 66.8 Å². The molecule has 5 heteroatoms. The molecule has 9 aromatic rings. The van der Waals surface area contributed by atoms with Crippen molar-refractivity contribution in [2.45, 2.75) is 130 Å². The first kappa shape index (κ1) is 51.1. The van der Waals surface area contributed by atoms with Gasteiger partial charge in [-0.25, -0.2) is 4.98 Å². The molecule has 75 heavy (non-hydrogen) atoms. The predicted molar refractivity (Wildman–Crippen MR) is 318 cm³/mol. The Bertz CT molecular complexity index is 3480. The van der Waals surface area contributed by atoms with Crippen molar-refractivity contribution in [3.05, 3.63) is 232 Å². The Labute approximate surface area is 447 Å². The minimum Gasteiger partial charge on any atom is -0.457 e. The lowest BCUT2D eigenvalue weighted by Gasteiger charge is -2.34. The number of fused-ring (bicyclic) bond motifs is 3. The van der Waals surface area contributed by atoms with E-state index in [0.717, 1.165) is 39.4 Å². The SMILES string of the molecule is CC(C)c1cccc(C(C)C)c1C1=CN(c2cc(Oc3ccc4c5ccccc5n(-c5cc(C(C)(C)C)ccn5)c4c3)cc(C(C)(C)C)c2)CN1c1cc(C(C)(C)c2ccccc2)cc(C(C)(C)c2ccccc2)c1. The molecule has 0 N–H and O–H groups in total. The van der Waals surface area contributed by atoms with Crippen LogP contribution in [-0.2, 0) is 21.7 Å². The van der Waals surface area contributed by atoms with Crippen LogP contribution in [0.15, 0.2) is 182 Å². The molecule has 3 heterocycles. The first-order valence-corrected chi connectivity index (χ1v) is 27.1. The van der Waals surface area contributed by atoms with Crippen molar-refractivity contribution < 1.29 is 4.74 Å². The van der Waals surface area contributed by atoms with Crippen LogP contribution >= 0.6 is 0 Å². The fourth-order valence-corrected chi connectivity index (χ4v) is 11.1. The van der Waals surface area contributed by atoms with Crippen molar-refractivity contribution in [2.75, 3.05) is 16.5 Å². The van der Waals surface area contributed by atoms with Crippen molar-refractivity contribution in [2.24, 2.45) is 0 Å². The highest BCUT2D eigenvalue weighted by Crippen LogP contribution is 2.46. The van der Waals surface area contributed by atoms with Crippen LogP contribution in [0.25, 0.3) is 33.3 Å². The van der Waals surface area contributed by atoms with Crippen LogP contribution in [0.1, 0.15) is 159 Å². The fourth-order valence-electron chi connectivity index (χ4n) is 11.1. The number of pyridine rings is 1. The van der Waals surface area contributed by atoms with Crippen molar-refractivity contribution >= 4 is 38.9 Å². The predicted octanol–water partition coefficient (Wildman–Crippen LogP) is 18.7. The summed E-state index contributed by atoms with van der Waals surface area (Å²) in [4.78, 5) is 9.99. The maximum absolute atomic E-state index is 7.11. The molecular weight excluding hydrogens is 913 g/mol. The van der Waals surface area contributed by atoms with Crippen LogP contribution < -0.4 is 14.5 Å². The average molecular weight is 989 g/mol. The Kier molecular flexibility index (Phi) is 13.2. The number of rotatable bonds is 12. The van der Waals surface area contributed by atoms with Gasteiger partial charge in [-0.3, -0.25) is 4.57 Å². The first-order valence-electron chi connectivity index (χ1n) is 27.1. The normalized spacial score (nSPS) is 13.7. The van der Waals surface area contributed by atoms with E-state index in [2.05, 4.69) is 287 Å². The second-order valence-corrected chi connectivity index (χ2v) is 24.7. The van der Waals surface area contributed by atoms with Crippen LogP contribution in [0.4, 0.5) is 11.4 Å². The molecule has 0 amide bonds. The van der Waals surface area contributed by atoms with Gasteiger partial charge in [0.05, 0.1) is 23.4 Å². The molecule has 0 unspecified atom stereocenters. The molecule has 0 bridgehead atoms. The van der Waals surface area contributed by atoms with E-state index in [1.807, 2.05) is 6.20 Å². The van der Waals surface area contributed by atoms with Gasteiger partial charge < -0.3 is 14.5 Å². The van der Waals surface area contributed by atoms with Gasteiger partial charge >= 0.3 is 0 Å². The van der Waals surface area contributed by atoms with Crippen LogP contribution in [0.5, 0.6) is 11.5 Å². The first-order chi connectivity index (χ1) is 35.6. The van der Waals surface area contributed by atoms with Gasteiger partial charge in [-0.05, 0) is 122 Å². The van der Waals surface area contributed by atoms with Gasteiger partial charge in [-0.1, -0.05) is 200 Å². The summed E-state index contributed by atoms with van der Waals surface area (Å²) in [7, 11) is 0. The molecule has 10 rings (SSSR count). The molecular formula is C70H76N4O. The van der Waals surface area contributed by atoms with E-state index >= 15 is 0 Å². The van der Waals surface area contributed by atoms with Crippen LogP contribution in [-0.4, -0.2) is 16.2 Å². The molecule has 0 radical (unpaired) electrons. The number of para-hydroxylation sites is 1. The third kappa shape index (κ3) is 9.79. The minimum absolute atomic E-state index is 0.0249. The van der Waals surface area contributed by atoms with Crippen LogP contribution in [0.2, 0.25) is 0 Å². The van der Waals surface area contributed by atoms with Gasteiger partial charge in [0.15, 0.2) is 0 Å². The monoisotopic (exact) mass is 989 g/mol. The molecule has 0 spiro atoms. The summed E-state index contributed by atoms with van der Waals surface area (Å²) in [6, 6.07) is 62.6. The molecule has 382 valence electrons. The summed E-state index contributed by atoms with van der Waals surface area (Å²) in [5.41, 5.74) is 16.5. The summed E-state index contributed by atoms with van der Waals surface area (Å²) in [6.45, 7) is 33.1. The number of nitrogens with zero attached hydrogens (tertiary/aromatic N) is 4. The zero-order chi connectivity index (χ0) is 53.2. The summed E-state index contributed by atoms with van der Waals surface area (Å²) in [5.74, 6) is 3.08. The van der Waals surface area contributed by atoms with Crippen LogP contribution in [0.3, 0.4) is 0 Å². The highest BCUT2D eigenvalue weighted by molar-refractivity contribution is 6.09. The van der Waals surface area contributed by atoms with Crippen molar-refractivity contribution in [1.29, 1.82) is 0 Å².